The number of amides is 2. The summed E-state index contributed by atoms with van der Waals surface area (Å²) in [6, 6.07) is 0. The van der Waals surface area contributed by atoms with Gasteiger partial charge in [-0.15, -0.1) is 0 Å². The minimum absolute atomic E-state index is 0.0775. The molecule has 1 rings (SSSR count). The fourth-order valence-corrected chi connectivity index (χ4v) is 2.07. The first-order valence-electron chi connectivity index (χ1n) is 7.01. The predicted octanol–water partition coefficient (Wildman–Crippen LogP) is 2.52. The summed E-state index contributed by atoms with van der Waals surface area (Å²) in [4.78, 5) is 38.7. The Morgan fingerprint density at radius 1 is 1.15 bits per heavy atom. The third-order valence-corrected chi connectivity index (χ3v) is 3.30. The van der Waals surface area contributed by atoms with E-state index in [2.05, 4.69) is 32.5 Å². The van der Waals surface area contributed by atoms with Gasteiger partial charge in [-0.2, -0.15) is 0 Å². The molecule has 1 fully saturated rings. The van der Waals surface area contributed by atoms with Crippen LogP contribution in [0.25, 0.3) is 0 Å². The average molecular weight is 285 g/mol. The van der Waals surface area contributed by atoms with Crippen molar-refractivity contribution >= 4 is 18.0 Å². The van der Waals surface area contributed by atoms with E-state index in [0.717, 1.165) is 6.42 Å². The van der Waals surface area contributed by atoms with E-state index in [1.807, 2.05) is 0 Å². The summed E-state index contributed by atoms with van der Waals surface area (Å²) >= 11 is 0. The maximum Gasteiger partial charge on any atom is 0.533 e. The molecule has 0 radical (unpaired) electrons. The second kappa shape index (κ2) is 7.26. The van der Waals surface area contributed by atoms with Gasteiger partial charge in [-0.3, -0.25) is 14.4 Å². The first-order chi connectivity index (χ1) is 9.31. The Balaban J connectivity index is 2.41. The number of hydroxylamine groups is 2. The van der Waals surface area contributed by atoms with Gasteiger partial charge in [0, 0.05) is 12.8 Å². The number of rotatable bonds is 6. The lowest BCUT2D eigenvalue weighted by molar-refractivity contribution is -0.177. The summed E-state index contributed by atoms with van der Waals surface area (Å²) in [6.07, 6.45) is 0.0947. The second-order valence-electron chi connectivity index (χ2n) is 5.87. The molecule has 0 aromatic heterocycles. The van der Waals surface area contributed by atoms with E-state index in [9.17, 15) is 14.4 Å². The Morgan fingerprint density at radius 2 is 1.70 bits per heavy atom. The summed E-state index contributed by atoms with van der Waals surface area (Å²) in [6.45, 7) is 8.57. The van der Waals surface area contributed by atoms with Gasteiger partial charge in [0.2, 0.25) is 0 Å². The first-order valence-corrected chi connectivity index (χ1v) is 7.01. The van der Waals surface area contributed by atoms with Gasteiger partial charge in [-0.1, -0.05) is 32.8 Å². The minimum Gasteiger partial charge on any atom is -0.432 e. The molecule has 0 spiro atoms. The van der Waals surface area contributed by atoms with Crippen LogP contribution in [-0.4, -0.2) is 29.6 Å². The number of hydrogen-bond donors (Lipinski definition) is 0. The monoisotopic (exact) mass is 285 g/mol. The van der Waals surface area contributed by atoms with Crippen molar-refractivity contribution < 1.29 is 24.0 Å². The van der Waals surface area contributed by atoms with Gasteiger partial charge >= 0.3 is 6.16 Å². The molecule has 1 atom stereocenters. The van der Waals surface area contributed by atoms with Gasteiger partial charge in [0.15, 0.2) is 0 Å². The van der Waals surface area contributed by atoms with E-state index < -0.39 is 18.0 Å². The van der Waals surface area contributed by atoms with Crippen molar-refractivity contribution in [2.24, 2.45) is 17.8 Å². The van der Waals surface area contributed by atoms with E-state index >= 15 is 0 Å². The van der Waals surface area contributed by atoms with Crippen LogP contribution in [0.5, 0.6) is 0 Å². The van der Waals surface area contributed by atoms with Crippen LogP contribution in [0, 0.1) is 17.8 Å². The Labute approximate surface area is 119 Å². The van der Waals surface area contributed by atoms with Crippen LogP contribution in [0.4, 0.5) is 4.79 Å². The summed E-state index contributed by atoms with van der Waals surface area (Å²) in [5.41, 5.74) is 0. The van der Waals surface area contributed by atoms with Gasteiger partial charge in [0.05, 0.1) is 6.61 Å². The van der Waals surface area contributed by atoms with Gasteiger partial charge in [-0.25, -0.2) is 4.79 Å². The summed E-state index contributed by atoms with van der Waals surface area (Å²) in [5.74, 6) is 0.0978. The van der Waals surface area contributed by atoms with E-state index in [-0.39, 0.29) is 25.4 Å². The molecule has 6 nitrogen and oxygen atoms in total. The third-order valence-electron chi connectivity index (χ3n) is 3.30. The SMILES string of the molecule is CC(C)CC(COC(=O)ON1C(=O)CCC1=O)C(C)C. The number of nitrogens with zero attached hydrogens (tertiary/aromatic N) is 1. The molecule has 0 saturated carbocycles. The molecule has 2 amide bonds. The zero-order valence-electron chi connectivity index (χ0n) is 12.5. The molecule has 1 aliphatic rings. The highest BCUT2D eigenvalue weighted by atomic mass is 16.8. The molecule has 0 N–H and O–H groups in total. The topological polar surface area (TPSA) is 72.9 Å². The predicted molar refractivity (Wildman–Crippen MR) is 71.3 cm³/mol. The zero-order valence-corrected chi connectivity index (χ0v) is 12.5. The van der Waals surface area contributed by atoms with Crippen molar-refractivity contribution in [3.63, 3.8) is 0 Å². The number of carbonyl (C=O) groups excluding carboxylic acids is 3. The number of imide groups is 1. The molecule has 6 heteroatoms. The molecule has 1 saturated heterocycles. The van der Waals surface area contributed by atoms with Crippen LogP contribution in [0.1, 0.15) is 47.0 Å². The van der Waals surface area contributed by atoms with Gasteiger partial charge in [0.25, 0.3) is 11.8 Å². The highest BCUT2D eigenvalue weighted by molar-refractivity contribution is 6.01. The highest BCUT2D eigenvalue weighted by Crippen LogP contribution is 2.21. The quantitative estimate of drug-likeness (QED) is 0.554. The van der Waals surface area contributed by atoms with Crippen LogP contribution < -0.4 is 0 Å². The Hall–Kier alpha value is -1.59. The van der Waals surface area contributed by atoms with Crippen LogP contribution in [0.2, 0.25) is 0 Å². The Bertz CT molecular complexity index is 362. The minimum atomic E-state index is -0.997. The zero-order chi connectivity index (χ0) is 15.3. The van der Waals surface area contributed by atoms with Crippen LogP contribution in [0.15, 0.2) is 0 Å². The Kier molecular flexibility index (Phi) is 5.98. The van der Waals surface area contributed by atoms with Crippen LogP contribution in [0.3, 0.4) is 0 Å². The molecular formula is C14H23NO5. The van der Waals surface area contributed by atoms with Crippen LogP contribution in [-0.2, 0) is 19.2 Å². The number of hydrogen-bond acceptors (Lipinski definition) is 5. The molecule has 20 heavy (non-hydrogen) atoms. The summed E-state index contributed by atoms with van der Waals surface area (Å²) in [7, 11) is 0. The molecule has 0 aliphatic carbocycles. The molecule has 0 aromatic rings. The van der Waals surface area contributed by atoms with Crippen molar-refractivity contribution in [1.29, 1.82) is 0 Å². The number of ether oxygens (including phenoxy) is 1. The molecule has 1 aliphatic heterocycles. The van der Waals surface area contributed by atoms with Crippen molar-refractivity contribution in [2.75, 3.05) is 6.61 Å². The van der Waals surface area contributed by atoms with Crippen molar-refractivity contribution in [2.45, 2.75) is 47.0 Å². The van der Waals surface area contributed by atoms with E-state index in [1.165, 1.54) is 0 Å². The lowest BCUT2D eigenvalue weighted by Gasteiger charge is -2.22. The fraction of sp³-hybridized carbons (Fsp3) is 0.786. The highest BCUT2D eigenvalue weighted by Gasteiger charge is 2.33. The lowest BCUT2D eigenvalue weighted by atomic mass is 9.88. The second-order valence-corrected chi connectivity index (χ2v) is 5.87. The van der Waals surface area contributed by atoms with Crippen molar-refractivity contribution in [3.8, 4) is 0 Å². The molecular weight excluding hydrogens is 262 g/mol. The summed E-state index contributed by atoms with van der Waals surface area (Å²) in [5, 5.41) is 0.495. The molecule has 1 heterocycles. The van der Waals surface area contributed by atoms with Crippen molar-refractivity contribution in [1.82, 2.24) is 5.06 Å². The van der Waals surface area contributed by atoms with Gasteiger partial charge in [0.1, 0.15) is 0 Å². The lowest BCUT2D eigenvalue weighted by Crippen LogP contribution is -2.33. The van der Waals surface area contributed by atoms with E-state index in [4.69, 9.17) is 4.74 Å². The van der Waals surface area contributed by atoms with E-state index in [1.54, 1.807) is 0 Å². The summed E-state index contributed by atoms with van der Waals surface area (Å²) < 4.78 is 5.02. The third kappa shape index (κ3) is 4.83. The molecule has 0 aromatic carbocycles. The van der Waals surface area contributed by atoms with Crippen LogP contribution >= 0.6 is 0 Å². The normalized spacial score (nSPS) is 17.0. The smallest absolute Gasteiger partial charge is 0.432 e. The largest absolute Gasteiger partial charge is 0.533 e. The van der Waals surface area contributed by atoms with Crippen molar-refractivity contribution in [3.05, 3.63) is 0 Å². The molecule has 114 valence electrons. The number of carbonyl (C=O) groups is 3. The standard InChI is InChI=1S/C14H23NO5/c1-9(2)7-11(10(3)4)8-19-14(18)20-15-12(16)5-6-13(15)17/h9-11H,5-8H2,1-4H3. The van der Waals surface area contributed by atoms with Gasteiger partial charge in [-0.05, 0) is 24.2 Å². The Morgan fingerprint density at radius 3 is 2.15 bits per heavy atom. The van der Waals surface area contributed by atoms with E-state index in [0.29, 0.717) is 16.9 Å². The first kappa shape index (κ1) is 16.5. The van der Waals surface area contributed by atoms with Gasteiger partial charge < -0.3 is 4.74 Å². The average Bonchev–Trinajstić information content (AvgIpc) is 2.65. The molecule has 0 bridgehead atoms. The molecule has 1 unspecified atom stereocenters. The fourth-order valence-electron chi connectivity index (χ4n) is 2.07. The maximum absolute atomic E-state index is 11.5. The maximum atomic E-state index is 11.5.